The van der Waals surface area contributed by atoms with E-state index in [0.717, 1.165) is 20.8 Å². The maximum Gasteiger partial charge on any atom is 0.264 e. The fraction of sp³-hybridized carbons (Fsp3) is 0.0870. The van der Waals surface area contributed by atoms with Gasteiger partial charge in [-0.1, -0.05) is 35.9 Å². The molecule has 0 saturated heterocycles. The fourth-order valence-corrected chi connectivity index (χ4v) is 4.47. The van der Waals surface area contributed by atoms with Gasteiger partial charge in [0.05, 0.1) is 35.1 Å². The number of ether oxygens (including phenoxy) is 2. The largest absolute Gasteiger partial charge is 0.496 e. The molecule has 162 valence electrons. The van der Waals surface area contributed by atoms with Gasteiger partial charge in [0.15, 0.2) is 5.11 Å². The number of nitrogens with zero attached hydrogens (tertiary/aromatic N) is 1. The fourth-order valence-electron chi connectivity index (χ4n) is 3.14. The molecule has 1 aromatic heterocycles. The van der Waals surface area contributed by atoms with E-state index in [-0.39, 0.29) is 10.7 Å². The van der Waals surface area contributed by atoms with Crippen LogP contribution in [0.5, 0.6) is 11.5 Å². The summed E-state index contributed by atoms with van der Waals surface area (Å²) in [6.07, 6.45) is 0. The first-order chi connectivity index (χ1) is 15.5. The molecule has 0 atom stereocenters. The van der Waals surface area contributed by atoms with Gasteiger partial charge in [-0.25, -0.2) is 4.98 Å². The second kappa shape index (κ2) is 9.52. The minimum absolute atomic E-state index is 0.0892. The number of thiazole rings is 1. The van der Waals surface area contributed by atoms with Crippen LogP contribution in [0.2, 0.25) is 5.02 Å². The molecule has 4 aromatic rings. The second-order valence-electron chi connectivity index (χ2n) is 6.63. The maximum absolute atomic E-state index is 12.8. The summed E-state index contributed by atoms with van der Waals surface area (Å²) in [6, 6.07) is 18.5. The van der Waals surface area contributed by atoms with Gasteiger partial charge < -0.3 is 14.8 Å². The van der Waals surface area contributed by atoms with Crippen molar-refractivity contribution in [3.8, 4) is 22.1 Å². The second-order valence-corrected chi connectivity index (χ2v) is 8.47. The first-order valence-corrected chi connectivity index (χ1v) is 11.1. The summed E-state index contributed by atoms with van der Waals surface area (Å²) in [4.78, 5) is 17.5. The zero-order chi connectivity index (χ0) is 22.7. The summed E-state index contributed by atoms with van der Waals surface area (Å²) in [5.41, 5.74) is 2.63. The zero-order valence-electron chi connectivity index (χ0n) is 17.1. The molecular weight excluding hydrogens is 466 g/mol. The summed E-state index contributed by atoms with van der Waals surface area (Å²) in [5.74, 6) is 0.288. The number of amides is 1. The van der Waals surface area contributed by atoms with Crippen molar-refractivity contribution in [2.24, 2.45) is 0 Å². The average molecular weight is 484 g/mol. The molecular formula is C23H18ClN3O3S2. The van der Waals surface area contributed by atoms with Crippen molar-refractivity contribution < 1.29 is 14.3 Å². The summed E-state index contributed by atoms with van der Waals surface area (Å²) < 4.78 is 11.7. The van der Waals surface area contributed by atoms with Gasteiger partial charge in [0.25, 0.3) is 5.91 Å². The number of carbonyl (C=O) groups excluding carboxylic acids is 1. The molecule has 3 aromatic carbocycles. The van der Waals surface area contributed by atoms with Crippen LogP contribution >= 0.6 is 35.2 Å². The Morgan fingerprint density at radius 1 is 1.03 bits per heavy atom. The van der Waals surface area contributed by atoms with E-state index in [1.54, 1.807) is 35.6 Å². The number of hydrogen-bond donors (Lipinski definition) is 2. The van der Waals surface area contributed by atoms with Crippen molar-refractivity contribution >= 4 is 62.1 Å². The topological polar surface area (TPSA) is 72.5 Å². The van der Waals surface area contributed by atoms with Gasteiger partial charge in [-0.05, 0) is 48.6 Å². The summed E-state index contributed by atoms with van der Waals surface area (Å²) >= 11 is 13.3. The third-order valence-corrected chi connectivity index (χ3v) is 6.26. The molecule has 0 saturated carbocycles. The molecule has 1 amide bonds. The van der Waals surface area contributed by atoms with Crippen LogP contribution in [-0.4, -0.2) is 30.2 Å². The van der Waals surface area contributed by atoms with E-state index in [1.165, 1.54) is 14.2 Å². The monoisotopic (exact) mass is 483 g/mol. The predicted molar refractivity (Wildman–Crippen MR) is 133 cm³/mol. The number of methoxy groups -OCH3 is 2. The van der Waals surface area contributed by atoms with Crippen LogP contribution in [0.4, 0.5) is 5.69 Å². The van der Waals surface area contributed by atoms with Crippen LogP contribution in [0.15, 0.2) is 60.7 Å². The van der Waals surface area contributed by atoms with Gasteiger partial charge in [-0.3, -0.25) is 10.1 Å². The van der Waals surface area contributed by atoms with Crippen LogP contribution in [0, 0.1) is 0 Å². The van der Waals surface area contributed by atoms with E-state index in [2.05, 4.69) is 15.6 Å². The molecule has 4 rings (SSSR count). The maximum atomic E-state index is 12.8. The molecule has 9 heteroatoms. The SMILES string of the molecule is COc1cccc(OC)c1C(=O)NC(=S)Nc1cc(-c2nc3ccccc3s2)ccc1Cl. The Labute approximate surface area is 199 Å². The summed E-state index contributed by atoms with van der Waals surface area (Å²) in [7, 11) is 2.96. The summed E-state index contributed by atoms with van der Waals surface area (Å²) in [5, 5.41) is 7.05. The molecule has 0 aliphatic carbocycles. The van der Waals surface area contributed by atoms with E-state index in [9.17, 15) is 4.79 Å². The number of fused-ring (bicyclic) bond motifs is 1. The molecule has 32 heavy (non-hydrogen) atoms. The molecule has 2 N–H and O–H groups in total. The van der Waals surface area contributed by atoms with Crippen molar-refractivity contribution in [2.75, 3.05) is 19.5 Å². The number of anilines is 1. The van der Waals surface area contributed by atoms with E-state index >= 15 is 0 Å². The van der Waals surface area contributed by atoms with Crippen LogP contribution < -0.4 is 20.1 Å². The lowest BCUT2D eigenvalue weighted by molar-refractivity contribution is 0.0971. The molecule has 0 spiro atoms. The Balaban J connectivity index is 1.55. The molecule has 0 aliphatic heterocycles. The van der Waals surface area contributed by atoms with Crippen molar-refractivity contribution in [2.45, 2.75) is 0 Å². The van der Waals surface area contributed by atoms with E-state index in [1.807, 2.05) is 36.4 Å². The Kier molecular flexibility index (Phi) is 6.55. The summed E-state index contributed by atoms with van der Waals surface area (Å²) in [6.45, 7) is 0. The standard InChI is InChI=1S/C23H18ClN3O3S2/c1-29-17-7-5-8-18(30-2)20(17)21(28)27-23(31)26-16-12-13(10-11-14(16)24)22-25-15-6-3-4-9-19(15)32-22/h3-12H,1-2H3,(H2,26,27,28,31). The molecule has 6 nitrogen and oxygen atoms in total. The van der Waals surface area contributed by atoms with Crippen molar-refractivity contribution in [3.05, 3.63) is 71.2 Å². The van der Waals surface area contributed by atoms with Crippen LogP contribution in [0.1, 0.15) is 10.4 Å². The number of benzene rings is 3. The Hall–Kier alpha value is -3.20. The van der Waals surface area contributed by atoms with Gasteiger partial charge in [-0.2, -0.15) is 0 Å². The lowest BCUT2D eigenvalue weighted by atomic mass is 10.1. The molecule has 0 aliphatic rings. The third-order valence-electron chi connectivity index (χ3n) is 4.64. The molecule has 0 radical (unpaired) electrons. The highest BCUT2D eigenvalue weighted by atomic mass is 35.5. The number of carbonyl (C=O) groups is 1. The predicted octanol–water partition coefficient (Wildman–Crippen LogP) is 5.76. The number of aromatic nitrogens is 1. The van der Waals surface area contributed by atoms with Gasteiger partial charge in [0.1, 0.15) is 22.1 Å². The first-order valence-electron chi connectivity index (χ1n) is 9.49. The number of halogens is 1. The zero-order valence-corrected chi connectivity index (χ0v) is 19.5. The molecule has 0 unspecified atom stereocenters. The Morgan fingerprint density at radius 3 is 2.44 bits per heavy atom. The molecule has 1 heterocycles. The van der Waals surface area contributed by atoms with E-state index in [4.69, 9.17) is 33.3 Å². The van der Waals surface area contributed by atoms with Gasteiger partial charge in [-0.15, -0.1) is 11.3 Å². The highest BCUT2D eigenvalue weighted by molar-refractivity contribution is 7.80. The molecule has 0 fully saturated rings. The normalized spacial score (nSPS) is 10.6. The minimum atomic E-state index is -0.463. The average Bonchev–Trinajstić information content (AvgIpc) is 3.24. The van der Waals surface area contributed by atoms with Crippen molar-refractivity contribution in [1.29, 1.82) is 0 Å². The van der Waals surface area contributed by atoms with Crippen molar-refractivity contribution in [3.63, 3.8) is 0 Å². The lowest BCUT2D eigenvalue weighted by Crippen LogP contribution is -2.34. The van der Waals surface area contributed by atoms with Crippen molar-refractivity contribution in [1.82, 2.24) is 10.3 Å². The molecule has 0 bridgehead atoms. The first kappa shape index (κ1) is 22.0. The third kappa shape index (κ3) is 4.52. The Morgan fingerprint density at radius 2 is 1.75 bits per heavy atom. The number of para-hydroxylation sites is 1. The smallest absolute Gasteiger partial charge is 0.264 e. The van der Waals surface area contributed by atoms with Gasteiger partial charge in [0, 0.05) is 5.56 Å². The minimum Gasteiger partial charge on any atom is -0.496 e. The van der Waals surface area contributed by atoms with Gasteiger partial charge in [0.2, 0.25) is 0 Å². The number of rotatable bonds is 5. The van der Waals surface area contributed by atoms with Crippen LogP contribution in [0.3, 0.4) is 0 Å². The van der Waals surface area contributed by atoms with Gasteiger partial charge >= 0.3 is 0 Å². The van der Waals surface area contributed by atoms with Crippen LogP contribution in [0.25, 0.3) is 20.8 Å². The lowest BCUT2D eigenvalue weighted by Gasteiger charge is -2.15. The Bertz CT molecular complexity index is 1270. The van der Waals surface area contributed by atoms with E-state index < -0.39 is 5.91 Å². The number of nitrogens with one attached hydrogen (secondary N) is 2. The van der Waals surface area contributed by atoms with E-state index in [0.29, 0.717) is 22.2 Å². The quantitative estimate of drug-likeness (QED) is 0.351. The number of thiocarbonyl (C=S) groups is 1. The highest BCUT2D eigenvalue weighted by Crippen LogP contribution is 2.34. The number of hydrogen-bond acceptors (Lipinski definition) is 6. The van der Waals surface area contributed by atoms with Crippen LogP contribution in [-0.2, 0) is 0 Å². The highest BCUT2D eigenvalue weighted by Gasteiger charge is 2.19.